The van der Waals surface area contributed by atoms with Crippen molar-refractivity contribution in [1.82, 2.24) is 4.57 Å². The smallest absolute Gasteiger partial charge is 0.242 e. The van der Waals surface area contributed by atoms with Gasteiger partial charge in [-0.2, -0.15) is 0 Å². The maximum absolute atomic E-state index is 13.0. The molecule has 0 atom stereocenters. The van der Waals surface area contributed by atoms with Crippen molar-refractivity contribution in [3.63, 3.8) is 0 Å². The van der Waals surface area contributed by atoms with Crippen LogP contribution in [0.15, 0.2) is 57.9 Å². The van der Waals surface area contributed by atoms with Gasteiger partial charge in [0.2, 0.25) is 17.2 Å². The molecule has 0 spiro atoms. The van der Waals surface area contributed by atoms with E-state index >= 15 is 0 Å². The third-order valence-corrected chi connectivity index (χ3v) is 6.86. The van der Waals surface area contributed by atoms with Gasteiger partial charge >= 0.3 is 0 Å². The van der Waals surface area contributed by atoms with Crippen molar-refractivity contribution in [2.24, 2.45) is 5.41 Å². The average Bonchev–Trinajstić information content (AvgIpc) is 2.88. The second-order valence-electron chi connectivity index (χ2n) is 8.91. The number of para-hydroxylation sites is 1. The summed E-state index contributed by atoms with van der Waals surface area (Å²) in [6.45, 7) is 6.83. The molecule has 0 bridgehead atoms. The Morgan fingerprint density at radius 1 is 1.00 bits per heavy atom. The molecule has 4 rings (SSSR count). The van der Waals surface area contributed by atoms with Gasteiger partial charge in [-0.1, -0.05) is 12.1 Å². The van der Waals surface area contributed by atoms with E-state index in [1.165, 1.54) is 0 Å². The van der Waals surface area contributed by atoms with E-state index in [1.807, 2.05) is 60.2 Å². The molecule has 8 heteroatoms. The van der Waals surface area contributed by atoms with Crippen molar-refractivity contribution in [2.75, 3.05) is 30.0 Å². The molecule has 2 aromatic carbocycles. The van der Waals surface area contributed by atoms with Gasteiger partial charge in [-0.15, -0.1) is 0 Å². The normalized spacial score (nSPS) is 15.4. The zero-order valence-electron chi connectivity index (χ0n) is 19.8. The van der Waals surface area contributed by atoms with E-state index in [0.29, 0.717) is 46.7 Å². The third-order valence-electron chi connectivity index (χ3n) is 6.29. The van der Waals surface area contributed by atoms with Gasteiger partial charge in [0.25, 0.3) is 0 Å². The Hall–Kier alpha value is -3.13. The Kier molecular flexibility index (Phi) is 6.53. The van der Waals surface area contributed by atoms with Crippen LogP contribution in [0.5, 0.6) is 5.75 Å². The van der Waals surface area contributed by atoms with E-state index in [1.54, 1.807) is 30.7 Å². The van der Waals surface area contributed by atoms with E-state index < -0.39 is 5.41 Å². The highest BCUT2D eigenvalue weighted by atomic mass is 79.9. The molecule has 0 unspecified atom stereocenters. The van der Waals surface area contributed by atoms with Crippen LogP contribution in [0.25, 0.3) is 10.9 Å². The van der Waals surface area contributed by atoms with Crippen LogP contribution in [0, 0.1) is 5.41 Å². The Balaban J connectivity index is 1.51. The summed E-state index contributed by atoms with van der Waals surface area (Å²) in [5.74, 6) is 0.175. The molecule has 3 aromatic rings. The number of hydrogen-bond acceptors (Lipinski definition) is 4. The molecule has 1 aliphatic rings. The number of nitrogens with zero attached hydrogens (tertiary/aromatic N) is 3. The minimum Gasteiger partial charge on any atom is -0.493 e. The van der Waals surface area contributed by atoms with Crippen molar-refractivity contribution in [3.8, 4) is 5.75 Å². The summed E-state index contributed by atoms with van der Waals surface area (Å²) in [7, 11) is 1.69. The van der Waals surface area contributed by atoms with E-state index in [0.717, 1.165) is 11.9 Å². The monoisotopic (exact) mass is 525 g/mol. The fourth-order valence-electron chi connectivity index (χ4n) is 4.39. The first-order valence-electron chi connectivity index (χ1n) is 11.3. The Morgan fingerprint density at radius 2 is 1.74 bits per heavy atom. The van der Waals surface area contributed by atoms with Gasteiger partial charge in [0.05, 0.1) is 28.0 Å². The minimum absolute atomic E-state index is 0.0190. The molecular weight excluding hydrogens is 498 g/mol. The Labute approximate surface area is 207 Å². The molecule has 34 heavy (non-hydrogen) atoms. The van der Waals surface area contributed by atoms with Crippen molar-refractivity contribution >= 4 is 50.0 Å². The molecule has 0 fully saturated rings. The van der Waals surface area contributed by atoms with Crippen LogP contribution in [0.2, 0.25) is 0 Å². The third kappa shape index (κ3) is 4.11. The highest BCUT2D eigenvalue weighted by Crippen LogP contribution is 2.40. The summed E-state index contributed by atoms with van der Waals surface area (Å²) in [6, 6.07) is 13.0. The SMILES string of the molecule is CCN1C(=O)C(C)(C)C(=O)N(C)c2cc(OCCCn3cc(Br)c(=O)c4ccccc43)ccc21. The number of halogens is 1. The number of ether oxygens (including phenoxy) is 1. The Morgan fingerprint density at radius 3 is 2.47 bits per heavy atom. The number of carbonyl (C=O) groups excluding carboxylic acids is 2. The molecular formula is C26H28BrN3O4. The zero-order chi connectivity index (χ0) is 24.6. The van der Waals surface area contributed by atoms with Gasteiger partial charge < -0.3 is 19.1 Å². The lowest BCUT2D eigenvalue weighted by Crippen LogP contribution is -2.47. The van der Waals surface area contributed by atoms with E-state index in [2.05, 4.69) is 15.9 Å². The summed E-state index contributed by atoms with van der Waals surface area (Å²) in [5, 5.41) is 0.675. The number of amides is 2. The summed E-state index contributed by atoms with van der Waals surface area (Å²) in [5.41, 5.74) is 1.07. The molecule has 2 amide bonds. The second-order valence-corrected chi connectivity index (χ2v) is 9.76. The molecule has 178 valence electrons. The highest BCUT2D eigenvalue weighted by Gasteiger charge is 2.45. The predicted octanol–water partition coefficient (Wildman–Crippen LogP) is 4.59. The zero-order valence-corrected chi connectivity index (χ0v) is 21.4. The lowest BCUT2D eigenvalue weighted by atomic mass is 9.90. The van der Waals surface area contributed by atoms with Gasteiger partial charge in [0, 0.05) is 37.8 Å². The molecule has 0 aliphatic carbocycles. The molecule has 0 saturated carbocycles. The molecule has 2 heterocycles. The van der Waals surface area contributed by atoms with Crippen LogP contribution >= 0.6 is 15.9 Å². The topological polar surface area (TPSA) is 71.9 Å². The lowest BCUT2D eigenvalue weighted by molar-refractivity contribution is -0.137. The van der Waals surface area contributed by atoms with E-state index in [9.17, 15) is 14.4 Å². The van der Waals surface area contributed by atoms with Crippen LogP contribution in [0.3, 0.4) is 0 Å². The maximum Gasteiger partial charge on any atom is 0.242 e. The first-order valence-corrected chi connectivity index (χ1v) is 12.1. The average molecular weight is 526 g/mol. The van der Waals surface area contributed by atoms with Crippen LogP contribution in [0.4, 0.5) is 11.4 Å². The number of rotatable bonds is 6. The Bertz CT molecular complexity index is 1330. The number of fused-ring (bicyclic) bond motifs is 2. The summed E-state index contributed by atoms with van der Waals surface area (Å²) in [6.07, 6.45) is 2.53. The maximum atomic E-state index is 13.0. The lowest BCUT2D eigenvalue weighted by Gasteiger charge is -2.27. The standard InChI is InChI=1S/C26H28BrN3O4/c1-5-30-21-12-11-17(15-22(21)28(4)24(32)26(2,3)25(30)33)34-14-8-13-29-16-19(27)23(31)18-9-6-7-10-20(18)29/h6-7,9-12,15-16H,5,8,13-14H2,1-4H3. The van der Waals surface area contributed by atoms with Crippen molar-refractivity contribution in [2.45, 2.75) is 33.7 Å². The number of pyridine rings is 1. The number of benzene rings is 2. The van der Waals surface area contributed by atoms with Gasteiger partial charge in [0.1, 0.15) is 11.2 Å². The first kappa shape index (κ1) is 24.0. The molecule has 7 nitrogen and oxygen atoms in total. The number of carbonyl (C=O) groups is 2. The quantitative estimate of drug-likeness (QED) is 0.348. The van der Waals surface area contributed by atoms with Gasteiger partial charge in [-0.05, 0) is 67.4 Å². The molecule has 0 saturated heterocycles. The molecule has 1 aliphatic heterocycles. The molecule has 0 radical (unpaired) electrons. The summed E-state index contributed by atoms with van der Waals surface area (Å²) < 4.78 is 8.58. The minimum atomic E-state index is -1.14. The van der Waals surface area contributed by atoms with Crippen LogP contribution in [0.1, 0.15) is 27.2 Å². The predicted molar refractivity (Wildman–Crippen MR) is 138 cm³/mol. The first-order chi connectivity index (χ1) is 16.2. The van der Waals surface area contributed by atoms with Gasteiger partial charge in [-0.3, -0.25) is 14.4 Å². The fraction of sp³-hybridized carbons (Fsp3) is 0.346. The van der Waals surface area contributed by atoms with Crippen LogP contribution in [-0.2, 0) is 16.1 Å². The summed E-state index contributed by atoms with van der Waals surface area (Å²) >= 11 is 3.36. The van der Waals surface area contributed by atoms with Crippen molar-refractivity contribution < 1.29 is 14.3 Å². The number of anilines is 2. The summed E-state index contributed by atoms with van der Waals surface area (Å²) in [4.78, 5) is 41.6. The van der Waals surface area contributed by atoms with E-state index in [-0.39, 0.29) is 17.2 Å². The van der Waals surface area contributed by atoms with Gasteiger partial charge in [-0.25, -0.2) is 0 Å². The number of hydrogen-bond donors (Lipinski definition) is 0. The van der Waals surface area contributed by atoms with Crippen molar-refractivity contribution in [3.05, 3.63) is 63.4 Å². The molecule has 0 N–H and O–H groups in total. The van der Waals surface area contributed by atoms with E-state index in [4.69, 9.17) is 4.74 Å². The van der Waals surface area contributed by atoms with Crippen LogP contribution in [-0.4, -0.2) is 36.6 Å². The largest absolute Gasteiger partial charge is 0.493 e. The number of aryl methyl sites for hydroxylation is 1. The molecule has 1 aromatic heterocycles. The van der Waals surface area contributed by atoms with Crippen LogP contribution < -0.4 is 20.0 Å². The second kappa shape index (κ2) is 9.25. The number of aromatic nitrogens is 1. The van der Waals surface area contributed by atoms with Gasteiger partial charge in [0.15, 0.2) is 0 Å². The highest BCUT2D eigenvalue weighted by molar-refractivity contribution is 9.10. The fourth-order valence-corrected chi connectivity index (χ4v) is 4.85. The van der Waals surface area contributed by atoms with Crippen molar-refractivity contribution in [1.29, 1.82) is 0 Å².